The van der Waals surface area contributed by atoms with Gasteiger partial charge in [-0.1, -0.05) is 6.92 Å². The van der Waals surface area contributed by atoms with Crippen LogP contribution in [0.4, 0.5) is 0 Å². The zero-order valence-electron chi connectivity index (χ0n) is 10.2. The van der Waals surface area contributed by atoms with Gasteiger partial charge in [0.15, 0.2) is 0 Å². The van der Waals surface area contributed by atoms with Gasteiger partial charge in [0.25, 0.3) is 5.91 Å². The van der Waals surface area contributed by atoms with E-state index in [1.165, 1.54) is 13.8 Å². The summed E-state index contributed by atoms with van der Waals surface area (Å²) in [6, 6.07) is 0. The fourth-order valence-corrected chi connectivity index (χ4v) is 1.42. The first-order valence-electron chi connectivity index (χ1n) is 5.36. The van der Waals surface area contributed by atoms with E-state index in [0.29, 0.717) is 6.54 Å². The molecule has 0 aliphatic heterocycles. The molecule has 1 aromatic rings. The molecule has 1 rings (SSSR count). The molecule has 1 aromatic heterocycles. The minimum absolute atomic E-state index is 0.376. The Morgan fingerprint density at radius 3 is 2.75 bits per heavy atom. The lowest BCUT2D eigenvalue weighted by molar-refractivity contribution is -0.136. The van der Waals surface area contributed by atoms with E-state index in [1.54, 1.807) is 4.68 Å². The average Bonchev–Trinajstić information content (AvgIpc) is 2.53. The van der Waals surface area contributed by atoms with Gasteiger partial charge < -0.3 is 10.4 Å². The van der Waals surface area contributed by atoms with Gasteiger partial charge >= 0.3 is 0 Å². The topological polar surface area (TPSA) is 67.2 Å². The molecular weight excluding hydrogens is 206 g/mol. The third kappa shape index (κ3) is 3.06. The standard InChI is InChI=1S/C11H19N3O2/c1-5-9-8(7-14(4)13-9)6-12-10(15)11(2,3)16/h7,16H,5-6H2,1-4H3,(H,12,15). The first kappa shape index (κ1) is 12.7. The van der Waals surface area contributed by atoms with Crippen molar-refractivity contribution in [2.24, 2.45) is 7.05 Å². The lowest BCUT2D eigenvalue weighted by Gasteiger charge is -2.16. The summed E-state index contributed by atoms with van der Waals surface area (Å²) in [5, 5.41) is 16.4. The molecule has 1 amide bonds. The molecule has 0 saturated heterocycles. The number of aromatic nitrogens is 2. The molecule has 0 aliphatic rings. The van der Waals surface area contributed by atoms with E-state index in [1.807, 2.05) is 20.2 Å². The Balaban J connectivity index is 2.64. The minimum Gasteiger partial charge on any atom is -0.381 e. The number of hydrogen-bond acceptors (Lipinski definition) is 3. The number of nitrogens with zero attached hydrogens (tertiary/aromatic N) is 2. The normalized spacial score (nSPS) is 11.6. The van der Waals surface area contributed by atoms with Crippen LogP contribution in [-0.4, -0.2) is 26.4 Å². The number of carbonyl (C=O) groups excluding carboxylic acids is 1. The molecule has 0 spiro atoms. The molecule has 0 unspecified atom stereocenters. The number of aliphatic hydroxyl groups is 1. The molecule has 90 valence electrons. The van der Waals surface area contributed by atoms with E-state index in [9.17, 15) is 9.90 Å². The van der Waals surface area contributed by atoms with E-state index in [0.717, 1.165) is 17.7 Å². The predicted molar refractivity (Wildman–Crippen MR) is 60.7 cm³/mol. The predicted octanol–water partition coefficient (Wildman–Crippen LogP) is 0.370. The van der Waals surface area contributed by atoms with Crippen LogP contribution in [0.2, 0.25) is 0 Å². The van der Waals surface area contributed by atoms with Crippen LogP contribution >= 0.6 is 0 Å². The van der Waals surface area contributed by atoms with Crippen molar-refractivity contribution in [3.05, 3.63) is 17.5 Å². The van der Waals surface area contributed by atoms with Gasteiger partial charge in [-0.15, -0.1) is 0 Å². The Kier molecular flexibility index (Phi) is 3.70. The number of nitrogens with one attached hydrogen (secondary N) is 1. The summed E-state index contributed by atoms with van der Waals surface area (Å²) in [5.41, 5.74) is 0.621. The fourth-order valence-electron chi connectivity index (χ4n) is 1.42. The summed E-state index contributed by atoms with van der Waals surface area (Å²) >= 11 is 0. The largest absolute Gasteiger partial charge is 0.381 e. The highest BCUT2D eigenvalue weighted by Crippen LogP contribution is 2.08. The lowest BCUT2D eigenvalue weighted by Crippen LogP contribution is -2.41. The zero-order chi connectivity index (χ0) is 12.3. The van der Waals surface area contributed by atoms with E-state index in [-0.39, 0.29) is 5.91 Å². The van der Waals surface area contributed by atoms with Gasteiger partial charge in [-0.3, -0.25) is 9.48 Å². The van der Waals surface area contributed by atoms with Gasteiger partial charge in [-0.25, -0.2) is 0 Å². The van der Waals surface area contributed by atoms with Crippen molar-refractivity contribution >= 4 is 5.91 Å². The summed E-state index contributed by atoms with van der Waals surface area (Å²) in [6.07, 6.45) is 2.71. The molecule has 0 aliphatic carbocycles. The molecule has 5 nitrogen and oxygen atoms in total. The second kappa shape index (κ2) is 4.65. The third-order valence-corrected chi connectivity index (χ3v) is 2.32. The Morgan fingerprint density at radius 2 is 2.25 bits per heavy atom. The highest BCUT2D eigenvalue weighted by molar-refractivity contribution is 5.83. The van der Waals surface area contributed by atoms with Crippen LogP contribution in [0.15, 0.2) is 6.20 Å². The number of aryl methyl sites for hydroxylation is 2. The summed E-state index contributed by atoms with van der Waals surface area (Å²) in [6.45, 7) is 5.35. The van der Waals surface area contributed by atoms with Gasteiger partial charge in [-0.2, -0.15) is 5.10 Å². The Morgan fingerprint density at radius 1 is 1.62 bits per heavy atom. The van der Waals surface area contributed by atoms with Crippen LogP contribution in [0.5, 0.6) is 0 Å². The Labute approximate surface area is 95.5 Å². The van der Waals surface area contributed by atoms with Crippen molar-refractivity contribution in [2.45, 2.75) is 39.3 Å². The van der Waals surface area contributed by atoms with E-state index in [4.69, 9.17) is 0 Å². The summed E-state index contributed by atoms with van der Waals surface area (Å²) in [5.74, 6) is -0.376. The molecule has 5 heteroatoms. The second-order valence-electron chi connectivity index (χ2n) is 4.37. The van der Waals surface area contributed by atoms with Crippen molar-refractivity contribution < 1.29 is 9.90 Å². The van der Waals surface area contributed by atoms with Crippen molar-refractivity contribution in [1.29, 1.82) is 0 Å². The Bertz CT molecular complexity index is 377. The van der Waals surface area contributed by atoms with Gasteiger partial charge in [0.1, 0.15) is 5.60 Å². The Hall–Kier alpha value is -1.36. The number of amides is 1. The van der Waals surface area contributed by atoms with Crippen LogP contribution in [0, 0.1) is 0 Å². The maximum atomic E-state index is 11.5. The minimum atomic E-state index is -1.34. The second-order valence-corrected chi connectivity index (χ2v) is 4.37. The van der Waals surface area contributed by atoms with Gasteiger partial charge in [0.05, 0.1) is 5.69 Å². The van der Waals surface area contributed by atoms with Crippen molar-refractivity contribution in [3.63, 3.8) is 0 Å². The number of rotatable bonds is 4. The molecule has 0 radical (unpaired) electrons. The van der Waals surface area contributed by atoms with Crippen molar-refractivity contribution in [3.8, 4) is 0 Å². The maximum Gasteiger partial charge on any atom is 0.251 e. The van der Waals surface area contributed by atoms with Gasteiger partial charge in [0, 0.05) is 25.4 Å². The molecule has 0 atom stereocenters. The lowest BCUT2D eigenvalue weighted by atomic mass is 10.1. The molecule has 0 aromatic carbocycles. The monoisotopic (exact) mass is 225 g/mol. The van der Waals surface area contributed by atoms with Crippen molar-refractivity contribution in [1.82, 2.24) is 15.1 Å². The molecule has 1 heterocycles. The molecular formula is C11H19N3O2. The molecule has 16 heavy (non-hydrogen) atoms. The maximum absolute atomic E-state index is 11.5. The highest BCUT2D eigenvalue weighted by Gasteiger charge is 2.23. The van der Waals surface area contributed by atoms with Crippen LogP contribution < -0.4 is 5.32 Å². The van der Waals surface area contributed by atoms with Gasteiger partial charge in [-0.05, 0) is 20.3 Å². The number of hydrogen-bond donors (Lipinski definition) is 2. The average molecular weight is 225 g/mol. The summed E-state index contributed by atoms with van der Waals surface area (Å²) < 4.78 is 1.73. The smallest absolute Gasteiger partial charge is 0.251 e. The third-order valence-electron chi connectivity index (χ3n) is 2.32. The molecule has 0 fully saturated rings. The quantitative estimate of drug-likeness (QED) is 0.778. The van der Waals surface area contributed by atoms with Gasteiger partial charge in [0.2, 0.25) is 0 Å². The van der Waals surface area contributed by atoms with E-state index in [2.05, 4.69) is 10.4 Å². The van der Waals surface area contributed by atoms with Crippen LogP contribution in [0.3, 0.4) is 0 Å². The van der Waals surface area contributed by atoms with Crippen LogP contribution in [0.1, 0.15) is 32.0 Å². The SMILES string of the molecule is CCc1nn(C)cc1CNC(=O)C(C)(C)O. The van der Waals surface area contributed by atoms with E-state index >= 15 is 0 Å². The highest BCUT2D eigenvalue weighted by atomic mass is 16.3. The summed E-state index contributed by atoms with van der Waals surface area (Å²) in [4.78, 5) is 11.5. The first-order valence-corrected chi connectivity index (χ1v) is 5.36. The fraction of sp³-hybridized carbons (Fsp3) is 0.636. The molecule has 0 saturated carbocycles. The first-order chi connectivity index (χ1) is 7.34. The molecule has 2 N–H and O–H groups in total. The summed E-state index contributed by atoms with van der Waals surface area (Å²) in [7, 11) is 1.85. The zero-order valence-corrected chi connectivity index (χ0v) is 10.2. The van der Waals surface area contributed by atoms with Crippen LogP contribution in [-0.2, 0) is 24.8 Å². The van der Waals surface area contributed by atoms with Crippen LogP contribution in [0.25, 0.3) is 0 Å². The van der Waals surface area contributed by atoms with E-state index < -0.39 is 5.60 Å². The van der Waals surface area contributed by atoms with Crippen molar-refractivity contribution in [2.75, 3.05) is 0 Å². The number of carbonyl (C=O) groups is 1. The molecule has 0 bridgehead atoms.